The van der Waals surface area contributed by atoms with Gasteiger partial charge in [-0.3, -0.25) is 0 Å². The first-order valence-electron chi connectivity index (χ1n) is 6.95. The Bertz CT molecular complexity index is 471. The number of ether oxygens (including phenoxy) is 2. The van der Waals surface area contributed by atoms with Gasteiger partial charge in [0.25, 0.3) is 0 Å². The number of methoxy groups -OCH3 is 1. The lowest BCUT2D eigenvalue weighted by Crippen LogP contribution is -2.32. The van der Waals surface area contributed by atoms with Crippen molar-refractivity contribution in [2.24, 2.45) is 5.92 Å². The predicted molar refractivity (Wildman–Crippen MR) is 79.1 cm³/mol. The van der Waals surface area contributed by atoms with Crippen LogP contribution in [-0.4, -0.2) is 36.7 Å². The minimum absolute atomic E-state index is 0.317. The maximum Gasteiger partial charge on any atom is 0.339 e. The molecule has 1 aromatic rings. The van der Waals surface area contributed by atoms with Gasteiger partial charge >= 0.3 is 11.9 Å². The first-order chi connectivity index (χ1) is 9.97. The van der Waals surface area contributed by atoms with E-state index < -0.39 is 12.0 Å². The molecule has 0 saturated heterocycles. The van der Waals surface area contributed by atoms with E-state index in [0.29, 0.717) is 30.3 Å². The highest BCUT2D eigenvalue weighted by atomic mass is 16.5. The van der Waals surface area contributed by atoms with Crippen LogP contribution in [0.15, 0.2) is 18.3 Å². The second kappa shape index (κ2) is 8.24. The molecule has 1 rings (SSSR count). The fraction of sp³-hybridized carbons (Fsp3) is 0.533. The Morgan fingerprint density at radius 2 is 2.05 bits per heavy atom. The van der Waals surface area contributed by atoms with Gasteiger partial charge in [-0.05, 0) is 31.4 Å². The zero-order valence-electron chi connectivity index (χ0n) is 12.9. The summed E-state index contributed by atoms with van der Waals surface area (Å²) in [6.07, 6.45) is 2.05. The first-order valence-corrected chi connectivity index (χ1v) is 6.95. The minimum Gasteiger partial charge on any atom is -0.467 e. The van der Waals surface area contributed by atoms with Crippen molar-refractivity contribution in [2.75, 3.05) is 19.0 Å². The Labute approximate surface area is 124 Å². The van der Waals surface area contributed by atoms with Crippen LogP contribution in [0.5, 0.6) is 0 Å². The van der Waals surface area contributed by atoms with Gasteiger partial charge in [-0.2, -0.15) is 0 Å². The largest absolute Gasteiger partial charge is 0.467 e. The number of pyridine rings is 1. The van der Waals surface area contributed by atoms with E-state index in [2.05, 4.69) is 10.3 Å². The third kappa shape index (κ3) is 5.41. The van der Waals surface area contributed by atoms with Crippen molar-refractivity contribution in [3.05, 3.63) is 23.9 Å². The van der Waals surface area contributed by atoms with Gasteiger partial charge in [0.1, 0.15) is 11.9 Å². The average Bonchev–Trinajstić information content (AvgIpc) is 2.46. The van der Waals surface area contributed by atoms with Gasteiger partial charge in [-0.25, -0.2) is 14.6 Å². The number of nitrogens with one attached hydrogen (secondary N) is 1. The molecule has 6 heteroatoms. The summed E-state index contributed by atoms with van der Waals surface area (Å²) < 4.78 is 9.66. The number of carbonyl (C=O) groups excluding carboxylic acids is 2. The molecule has 0 amide bonds. The number of aromatic nitrogens is 1. The number of hydrogen-bond donors (Lipinski definition) is 1. The number of esters is 2. The van der Waals surface area contributed by atoms with Gasteiger partial charge in [-0.1, -0.05) is 13.8 Å². The normalized spacial score (nSPS) is 11.9. The Kier molecular flexibility index (Phi) is 6.65. The van der Waals surface area contributed by atoms with Crippen LogP contribution in [0.25, 0.3) is 0 Å². The Balaban J connectivity index is 2.75. The zero-order chi connectivity index (χ0) is 15.8. The van der Waals surface area contributed by atoms with Crippen LogP contribution >= 0.6 is 0 Å². The van der Waals surface area contributed by atoms with E-state index in [1.54, 1.807) is 19.1 Å². The second-order valence-electron chi connectivity index (χ2n) is 5.00. The third-order valence-corrected chi connectivity index (χ3v) is 2.79. The van der Waals surface area contributed by atoms with E-state index in [1.165, 1.54) is 13.3 Å². The fourth-order valence-corrected chi connectivity index (χ4v) is 1.82. The Morgan fingerprint density at radius 3 is 2.52 bits per heavy atom. The summed E-state index contributed by atoms with van der Waals surface area (Å²) in [6.45, 7) is 6.11. The summed E-state index contributed by atoms with van der Waals surface area (Å²) in [7, 11) is 1.36. The van der Waals surface area contributed by atoms with Crippen molar-refractivity contribution in [3.63, 3.8) is 0 Å². The maximum absolute atomic E-state index is 11.7. The molecule has 1 N–H and O–H groups in total. The number of carbonyl (C=O) groups is 2. The van der Waals surface area contributed by atoms with Crippen LogP contribution in [-0.2, 0) is 14.3 Å². The van der Waals surface area contributed by atoms with Crippen molar-refractivity contribution in [3.8, 4) is 0 Å². The molecular weight excluding hydrogens is 272 g/mol. The molecule has 1 unspecified atom stereocenters. The summed E-state index contributed by atoms with van der Waals surface area (Å²) >= 11 is 0. The Morgan fingerprint density at radius 1 is 1.33 bits per heavy atom. The highest BCUT2D eigenvalue weighted by Crippen LogP contribution is 2.13. The molecule has 0 radical (unpaired) electrons. The molecule has 116 valence electrons. The molecule has 0 spiro atoms. The average molecular weight is 294 g/mol. The molecule has 0 aliphatic rings. The summed E-state index contributed by atoms with van der Waals surface area (Å²) in [5.41, 5.74) is 0.376. The van der Waals surface area contributed by atoms with Crippen molar-refractivity contribution >= 4 is 17.8 Å². The van der Waals surface area contributed by atoms with E-state index in [0.717, 1.165) is 0 Å². The highest BCUT2D eigenvalue weighted by molar-refractivity contribution is 5.89. The highest BCUT2D eigenvalue weighted by Gasteiger charge is 2.20. The van der Waals surface area contributed by atoms with Crippen LogP contribution in [0.4, 0.5) is 5.82 Å². The predicted octanol–water partition coefficient (Wildman–Crippen LogP) is 2.26. The zero-order valence-corrected chi connectivity index (χ0v) is 12.9. The molecule has 0 aliphatic heterocycles. The molecule has 0 bridgehead atoms. The molecule has 1 heterocycles. The molecule has 0 aromatic carbocycles. The standard InChI is InChI=1S/C15H22N2O4/c1-5-21-14(18)11-6-7-13(16-9-11)17-12(8-10(2)3)15(19)20-4/h6-7,9-10,12H,5,8H2,1-4H3,(H,16,17). The van der Waals surface area contributed by atoms with Crippen LogP contribution in [0.2, 0.25) is 0 Å². The molecule has 0 aliphatic carbocycles. The maximum atomic E-state index is 11.7. The summed E-state index contributed by atoms with van der Waals surface area (Å²) in [4.78, 5) is 27.4. The lowest BCUT2D eigenvalue weighted by atomic mass is 10.0. The second-order valence-corrected chi connectivity index (χ2v) is 5.00. The van der Waals surface area contributed by atoms with Gasteiger partial charge < -0.3 is 14.8 Å². The van der Waals surface area contributed by atoms with Crippen LogP contribution in [0, 0.1) is 5.92 Å². The van der Waals surface area contributed by atoms with E-state index >= 15 is 0 Å². The van der Waals surface area contributed by atoms with Crippen LogP contribution in [0.3, 0.4) is 0 Å². The van der Waals surface area contributed by atoms with Crippen molar-refractivity contribution in [1.29, 1.82) is 0 Å². The van der Waals surface area contributed by atoms with E-state index in [-0.39, 0.29) is 5.97 Å². The van der Waals surface area contributed by atoms with Gasteiger partial charge in [-0.15, -0.1) is 0 Å². The minimum atomic E-state index is -0.462. The monoisotopic (exact) mass is 294 g/mol. The third-order valence-electron chi connectivity index (χ3n) is 2.79. The summed E-state index contributed by atoms with van der Waals surface area (Å²) in [6, 6.07) is 2.79. The molecule has 21 heavy (non-hydrogen) atoms. The summed E-state index contributed by atoms with van der Waals surface area (Å²) in [5, 5.41) is 3.02. The molecule has 0 saturated carbocycles. The van der Waals surface area contributed by atoms with Gasteiger partial charge in [0.2, 0.25) is 0 Å². The first kappa shape index (κ1) is 16.9. The van der Waals surface area contributed by atoms with Crippen molar-refractivity contribution in [1.82, 2.24) is 4.98 Å². The lowest BCUT2D eigenvalue weighted by Gasteiger charge is -2.18. The van der Waals surface area contributed by atoms with Crippen molar-refractivity contribution < 1.29 is 19.1 Å². The van der Waals surface area contributed by atoms with Crippen molar-refractivity contribution in [2.45, 2.75) is 33.2 Å². The van der Waals surface area contributed by atoms with E-state index in [4.69, 9.17) is 9.47 Å². The molecule has 1 atom stereocenters. The number of nitrogens with zero attached hydrogens (tertiary/aromatic N) is 1. The lowest BCUT2D eigenvalue weighted by molar-refractivity contribution is -0.141. The number of hydrogen-bond acceptors (Lipinski definition) is 6. The van der Waals surface area contributed by atoms with Gasteiger partial charge in [0, 0.05) is 6.20 Å². The summed E-state index contributed by atoms with van der Waals surface area (Å²) in [5.74, 6) is 0.0997. The van der Waals surface area contributed by atoms with Gasteiger partial charge in [0.15, 0.2) is 0 Å². The fourth-order valence-electron chi connectivity index (χ4n) is 1.82. The topological polar surface area (TPSA) is 77.5 Å². The van der Waals surface area contributed by atoms with Crippen LogP contribution in [0.1, 0.15) is 37.6 Å². The van der Waals surface area contributed by atoms with E-state index in [9.17, 15) is 9.59 Å². The molecular formula is C15H22N2O4. The molecule has 6 nitrogen and oxygen atoms in total. The SMILES string of the molecule is CCOC(=O)c1ccc(NC(CC(C)C)C(=O)OC)nc1. The molecule has 1 aromatic heterocycles. The van der Waals surface area contributed by atoms with E-state index in [1.807, 2.05) is 13.8 Å². The van der Waals surface area contributed by atoms with Crippen LogP contribution < -0.4 is 5.32 Å². The molecule has 0 fully saturated rings. The van der Waals surface area contributed by atoms with Gasteiger partial charge in [0.05, 0.1) is 19.3 Å². The number of rotatable bonds is 7. The number of anilines is 1. The quantitative estimate of drug-likeness (QED) is 0.777. The Hall–Kier alpha value is -2.11. The smallest absolute Gasteiger partial charge is 0.339 e.